The van der Waals surface area contributed by atoms with Crippen molar-refractivity contribution in [3.8, 4) is 5.75 Å². The predicted octanol–water partition coefficient (Wildman–Crippen LogP) is 2.29. The third kappa shape index (κ3) is 3.17. The average molecular weight is 327 g/mol. The van der Waals surface area contributed by atoms with Crippen molar-refractivity contribution in [2.45, 2.75) is 19.5 Å². The van der Waals surface area contributed by atoms with Crippen LogP contribution >= 0.6 is 0 Å². The number of ether oxygens (including phenoxy) is 1. The molecule has 0 spiro atoms. The van der Waals surface area contributed by atoms with Gasteiger partial charge in [0.2, 0.25) is 0 Å². The lowest BCUT2D eigenvalue weighted by molar-refractivity contribution is 0.0818. The molecule has 128 valence electrons. The highest BCUT2D eigenvalue weighted by atomic mass is 16.5. The number of rotatable bonds is 4. The molecule has 5 heteroatoms. The van der Waals surface area contributed by atoms with Gasteiger partial charge in [0.25, 0.3) is 5.91 Å². The number of hydrogen-bond acceptors (Lipinski definition) is 3. The van der Waals surface area contributed by atoms with Crippen molar-refractivity contribution < 1.29 is 9.53 Å². The van der Waals surface area contributed by atoms with Crippen molar-refractivity contribution in [3.63, 3.8) is 0 Å². The Kier molecular flexibility index (Phi) is 4.62. The zero-order chi connectivity index (χ0) is 17.3. The topological polar surface area (TPSA) is 37.7 Å². The van der Waals surface area contributed by atoms with Gasteiger partial charge in [-0.05, 0) is 29.3 Å². The Morgan fingerprint density at radius 1 is 1.29 bits per heavy atom. The summed E-state index contributed by atoms with van der Waals surface area (Å²) >= 11 is 0. The van der Waals surface area contributed by atoms with E-state index < -0.39 is 0 Å². The van der Waals surface area contributed by atoms with Crippen molar-refractivity contribution in [2.24, 2.45) is 7.05 Å². The van der Waals surface area contributed by atoms with E-state index in [4.69, 9.17) is 4.74 Å². The molecule has 0 saturated carbocycles. The molecular weight excluding hydrogens is 302 g/mol. The predicted molar refractivity (Wildman–Crippen MR) is 94.2 cm³/mol. The summed E-state index contributed by atoms with van der Waals surface area (Å²) in [6, 6.07) is 10.3. The zero-order valence-electron chi connectivity index (χ0n) is 14.9. The molecule has 0 fully saturated rings. The summed E-state index contributed by atoms with van der Waals surface area (Å²) in [5.41, 5.74) is 4.56. The minimum Gasteiger partial charge on any atom is -0.497 e. The highest BCUT2D eigenvalue weighted by Crippen LogP contribution is 2.25. The maximum atomic E-state index is 12.3. The molecule has 0 aliphatic carbocycles. The summed E-state index contributed by atoms with van der Waals surface area (Å²) in [7, 11) is 7.28. The first-order valence-electron chi connectivity index (χ1n) is 8.24. The van der Waals surface area contributed by atoms with E-state index in [0.29, 0.717) is 0 Å². The van der Waals surface area contributed by atoms with Crippen LogP contribution < -0.4 is 4.74 Å². The molecule has 0 N–H and O–H groups in total. The summed E-state index contributed by atoms with van der Waals surface area (Å²) in [4.78, 5) is 16.4. The molecular formula is C19H25N3O2. The summed E-state index contributed by atoms with van der Waals surface area (Å²) in [5, 5.41) is 0. The van der Waals surface area contributed by atoms with Crippen molar-refractivity contribution in [1.29, 1.82) is 0 Å². The van der Waals surface area contributed by atoms with Crippen LogP contribution in [0.5, 0.6) is 5.75 Å². The van der Waals surface area contributed by atoms with Gasteiger partial charge >= 0.3 is 0 Å². The van der Waals surface area contributed by atoms with Gasteiger partial charge in [-0.1, -0.05) is 12.1 Å². The van der Waals surface area contributed by atoms with Crippen LogP contribution in [0.1, 0.15) is 27.3 Å². The van der Waals surface area contributed by atoms with Crippen molar-refractivity contribution in [1.82, 2.24) is 14.4 Å². The van der Waals surface area contributed by atoms with Gasteiger partial charge in [0.05, 0.1) is 7.11 Å². The van der Waals surface area contributed by atoms with Crippen LogP contribution in [-0.2, 0) is 26.6 Å². The van der Waals surface area contributed by atoms with Crippen LogP contribution in [0, 0.1) is 0 Å². The number of nitrogens with zero attached hydrogens (tertiary/aromatic N) is 3. The van der Waals surface area contributed by atoms with Gasteiger partial charge in [-0.2, -0.15) is 0 Å². The van der Waals surface area contributed by atoms with Crippen molar-refractivity contribution >= 4 is 5.91 Å². The molecule has 1 aliphatic rings. The van der Waals surface area contributed by atoms with Gasteiger partial charge in [-0.25, -0.2) is 0 Å². The molecule has 5 nitrogen and oxygen atoms in total. The highest BCUT2D eigenvalue weighted by Gasteiger charge is 2.24. The number of fused-ring (bicyclic) bond motifs is 1. The number of benzene rings is 1. The molecule has 0 saturated heterocycles. The molecule has 1 aromatic heterocycles. The molecule has 0 radical (unpaired) electrons. The van der Waals surface area contributed by atoms with Crippen LogP contribution in [-0.4, -0.2) is 48.0 Å². The second-order valence-electron chi connectivity index (χ2n) is 6.57. The summed E-state index contributed by atoms with van der Waals surface area (Å²) < 4.78 is 7.36. The second kappa shape index (κ2) is 6.69. The minimum absolute atomic E-state index is 0.0613. The van der Waals surface area contributed by atoms with Gasteiger partial charge in [0, 0.05) is 52.9 Å². The van der Waals surface area contributed by atoms with Gasteiger partial charge < -0.3 is 14.2 Å². The SMILES string of the molecule is COc1cccc(CN2CCc3c(cc(C(=O)N(C)C)n3C)C2)c1. The van der Waals surface area contributed by atoms with Gasteiger partial charge in [-0.15, -0.1) is 0 Å². The third-order valence-corrected chi connectivity index (χ3v) is 4.67. The van der Waals surface area contributed by atoms with E-state index in [1.54, 1.807) is 26.1 Å². The number of methoxy groups -OCH3 is 1. The Balaban J connectivity index is 1.77. The van der Waals surface area contributed by atoms with E-state index in [2.05, 4.69) is 27.7 Å². The maximum absolute atomic E-state index is 12.3. The fraction of sp³-hybridized carbons (Fsp3) is 0.421. The Bertz CT molecular complexity index is 749. The van der Waals surface area contributed by atoms with E-state index in [1.165, 1.54) is 16.8 Å². The maximum Gasteiger partial charge on any atom is 0.269 e. The van der Waals surface area contributed by atoms with E-state index in [0.717, 1.165) is 37.5 Å². The fourth-order valence-corrected chi connectivity index (χ4v) is 3.35. The monoisotopic (exact) mass is 327 g/mol. The standard InChI is InChI=1S/C19H25N3O2/c1-20(2)19(23)18-11-15-13-22(9-8-17(15)21(18)3)12-14-6-5-7-16(10-14)24-4/h5-7,10-11H,8-9,12-13H2,1-4H3. The normalized spacial score (nSPS) is 14.3. The molecule has 2 heterocycles. The molecule has 1 aliphatic heterocycles. The van der Waals surface area contributed by atoms with E-state index in [1.807, 2.05) is 19.2 Å². The second-order valence-corrected chi connectivity index (χ2v) is 6.57. The Morgan fingerprint density at radius 3 is 2.79 bits per heavy atom. The first-order chi connectivity index (χ1) is 11.5. The van der Waals surface area contributed by atoms with Crippen LogP contribution in [0.25, 0.3) is 0 Å². The Labute approximate surface area is 143 Å². The highest BCUT2D eigenvalue weighted by molar-refractivity contribution is 5.93. The molecule has 1 amide bonds. The van der Waals surface area contributed by atoms with Crippen LogP contribution in [0.2, 0.25) is 0 Å². The number of aromatic nitrogens is 1. The van der Waals surface area contributed by atoms with Gasteiger partial charge in [0.15, 0.2) is 0 Å². The zero-order valence-corrected chi connectivity index (χ0v) is 14.9. The minimum atomic E-state index is 0.0613. The molecule has 1 aromatic carbocycles. The summed E-state index contributed by atoms with van der Waals surface area (Å²) in [5.74, 6) is 0.954. The van der Waals surface area contributed by atoms with E-state index in [-0.39, 0.29) is 5.91 Å². The lowest BCUT2D eigenvalue weighted by Gasteiger charge is -2.27. The molecule has 2 aromatic rings. The van der Waals surface area contributed by atoms with Crippen LogP contribution in [0.4, 0.5) is 0 Å². The number of hydrogen-bond donors (Lipinski definition) is 0. The third-order valence-electron chi connectivity index (χ3n) is 4.67. The molecule has 0 atom stereocenters. The van der Waals surface area contributed by atoms with Crippen molar-refractivity contribution in [3.05, 3.63) is 52.8 Å². The summed E-state index contributed by atoms with van der Waals surface area (Å²) in [6.45, 7) is 2.77. The molecule has 24 heavy (non-hydrogen) atoms. The quantitative estimate of drug-likeness (QED) is 0.865. The molecule has 0 unspecified atom stereocenters. The smallest absolute Gasteiger partial charge is 0.269 e. The first-order valence-corrected chi connectivity index (χ1v) is 8.24. The van der Waals surface area contributed by atoms with Crippen LogP contribution in [0.3, 0.4) is 0 Å². The Morgan fingerprint density at radius 2 is 2.08 bits per heavy atom. The number of carbonyl (C=O) groups excluding carboxylic acids is 1. The lowest BCUT2D eigenvalue weighted by atomic mass is 10.1. The van der Waals surface area contributed by atoms with Gasteiger partial charge in [0.1, 0.15) is 11.4 Å². The van der Waals surface area contributed by atoms with E-state index >= 15 is 0 Å². The number of amides is 1. The van der Waals surface area contributed by atoms with Crippen LogP contribution in [0.15, 0.2) is 30.3 Å². The average Bonchev–Trinajstić information content (AvgIpc) is 2.90. The van der Waals surface area contributed by atoms with Crippen molar-refractivity contribution in [2.75, 3.05) is 27.7 Å². The molecule has 0 bridgehead atoms. The number of carbonyl (C=O) groups is 1. The lowest BCUT2D eigenvalue weighted by Crippen LogP contribution is -2.30. The van der Waals surface area contributed by atoms with Gasteiger partial charge in [-0.3, -0.25) is 9.69 Å². The molecule has 3 rings (SSSR count). The fourth-order valence-electron chi connectivity index (χ4n) is 3.35. The summed E-state index contributed by atoms with van der Waals surface area (Å²) in [6.07, 6.45) is 0.969. The first kappa shape index (κ1) is 16.6. The largest absolute Gasteiger partial charge is 0.497 e. The Hall–Kier alpha value is -2.27. The van der Waals surface area contributed by atoms with E-state index in [9.17, 15) is 4.79 Å².